The van der Waals surface area contributed by atoms with Crippen molar-refractivity contribution in [3.8, 4) is 0 Å². The molecule has 0 spiro atoms. The maximum atomic E-state index is 6.10. The van der Waals surface area contributed by atoms with E-state index in [0.29, 0.717) is 5.41 Å². The first-order chi connectivity index (χ1) is 7.42. The van der Waals surface area contributed by atoms with Gasteiger partial charge in [-0.3, -0.25) is 0 Å². The lowest BCUT2D eigenvalue weighted by atomic mass is 9.93. The highest BCUT2D eigenvalue weighted by Crippen LogP contribution is 2.25. The number of hydrogen-bond acceptors (Lipinski definition) is 3. The Morgan fingerprint density at radius 3 is 2.69 bits per heavy atom. The van der Waals surface area contributed by atoms with Crippen LogP contribution in [0.5, 0.6) is 0 Å². The zero-order chi connectivity index (χ0) is 12.2. The van der Waals surface area contributed by atoms with Crippen LogP contribution in [0.3, 0.4) is 0 Å². The Bertz CT molecular complexity index is 312. The number of unbranched alkanes of at least 4 members (excludes halogenated alkanes) is 1. The Kier molecular flexibility index (Phi) is 4.93. The molecule has 1 unspecified atom stereocenters. The minimum absolute atomic E-state index is 0.130. The SMILES string of the molecule is CCCCC(N)c1csc(CC(C)(C)C)n1. The third-order valence-corrected chi connectivity index (χ3v) is 3.37. The van der Waals surface area contributed by atoms with Crippen LogP contribution in [-0.4, -0.2) is 4.98 Å². The van der Waals surface area contributed by atoms with Crippen LogP contribution in [0.2, 0.25) is 0 Å². The molecule has 0 aliphatic rings. The third kappa shape index (κ3) is 4.62. The molecule has 2 N–H and O–H groups in total. The van der Waals surface area contributed by atoms with Gasteiger partial charge in [-0.2, -0.15) is 0 Å². The molecule has 0 aromatic carbocycles. The van der Waals surface area contributed by atoms with Gasteiger partial charge in [0.05, 0.1) is 10.7 Å². The number of nitrogens with zero attached hydrogens (tertiary/aromatic N) is 1. The summed E-state index contributed by atoms with van der Waals surface area (Å²) in [6.07, 6.45) is 4.48. The Labute approximate surface area is 103 Å². The molecule has 16 heavy (non-hydrogen) atoms. The summed E-state index contributed by atoms with van der Waals surface area (Å²) in [6.45, 7) is 8.92. The first-order valence-electron chi connectivity index (χ1n) is 6.12. The molecule has 2 nitrogen and oxygen atoms in total. The van der Waals surface area contributed by atoms with E-state index in [9.17, 15) is 0 Å². The Morgan fingerprint density at radius 1 is 1.44 bits per heavy atom. The predicted molar refractivity (Wildman–Crippen MR) is 71.7 cm³/mol. The highest BCUT2D eigenvalue weighted by Gasteiger charge is 2.16. The number of thiazole rings is 1. The quantitative estimate of drug-likeness (QED) is 0.847. The molecule has 1 heterocycles. The van der Waals surface area contributed by atoms with E-state index in [0.717, 1.165) is 18.5 Å². The Morgan fingerprint density at radius 2 is 2.12 bits per heavy atom. The van der Waals surface area contributed by atoms with Crippen molar-refractivity contribution in [2.45, 2.75) is 59.4 Å². The van der Waals surface area contributed by atoms with Crippen molar-refractivity contribution < 1.29 is 0 Å². The lowest BCUT2D eigenvalue weighted by Crippen LogP contribution is -2.12. The first kappa shape index (κ1) is 13.7. The normalized spacial score (nSPS) is 14.1. The van der Waals surface area contributed by atoms with Crippen molar-refractivity contribution in [3.05, 3.63) is 16.1 Å². The molecule has 0 saturated heterocycles. The fourth-order valence-electron chi connectivity index (χ4n) is 1.60. The number of rotatable bonds is 5. The Balaban J connectivity index is 2.57. The van der Waals surface area contributed by atoms with E-state index in [1.165, 1.54) is 17.8 Å². The monoisotopic (exact) mass is 240 g/mol. The van der Waals surface area contributed by atoms with Crippen LogP contribution < -0.4 is 5.73 Å². The molecule has 1 aromatic rings. The van der Waals surface area contributed by atoms with Gasteiger partial charge in [-0.05, 0) is 11.8 Å². The third-order valence-electron chi connectivity index (χ3n) is 2.50. The molecule has 1 aromatic heterocycles. The maximum absolute atomic E-state index is 6.10. The molecule has 0 amide bonds. The van der Waals surface area contributed by atoms with E-state index in [1.807, 2.05) is 0 Å². The van der Waals surface area contributed by atoms with Gasteiger partial charge in [-0.25, -0.2) is 4.98 Å². The van der Waals surface area contributed by atoms with Crippen LogP contribution in [0, 0.1) is 5.41 Å². The maximum Gasteiger partial charge on any atom is 0.0934 e. The van der Waals surface area contributed by atoms with Gasteiger partial charge in [0.15, 0.2) is 0 Å². The topological polar surface area (TPSA) is 38.9 Å². The van der Waals surface area contributed by atoms with Crippen molar-refractivity contribution in [3.63, 3.8) is 0 Å². The lowest BCUT2D eigenvalue weighted by Gasteiger charge is -2.15. The van der Waals surface area contributed by atoms with E-state index < -0.39 is 0 Å². The summed E-state index contributed by atoms with van der Waals surface area (Å²) in [5.41, 5.74) is 7.49. The number of hydrogen-bond donors (Lipinski definition) is 1. The largest absolute Gasteiger partial charge is 0.323 e. The van der Waals surface area contributed by atoms with Gasteiger partial charge in [0.2, 0.25) is 0 Å². The summed E-state index contributed by atoms with van der Waals surface area (Å²) in [7, 11) is 0. The fourth-order valence-corrected chi connectivity index (χ4v) is 2.76. The van der Waals surface area contributed by atoms with E-state index >= 15 is 0 Å². The summed E-state index contributed by atoms with van der Waals surface area (Å²) in [6, 6.07) is 0.130. The molecule has 1 atom stereocenters. The average molecular weight is 240 g/mol. The van der Waals surface area contributed by atoms with Crippen LogP contribution in [-0.2, 0) is 6.42 Å². The summed E-state index contributed by atoms with van der Waals surface area (Å²) >= 11 is 1.75. The van der Waals surface area contributed by atoms with Crippen LogP contribution in [0.4, 0.5) is 0 Å². The van der Waals surface area contributed by atoms with Crippen molar-refractivity contribution in [1.82, 2.24) is 4.98 Å². The number of aromatic nitrogens is 1. The standard InChI is InChI=1S/C13H24N2S/c1-5-6-7-10(14)11-9-16-12(15-11)8-13(2,3)4/h9-10H,5-8,14H2,1-4H3. The highest BCUT2D eigenvalue weighted by atomic mass is 32.1. The minimum Gasteiger partial charge on any atom is -0.323 e. The molecule has 0 aliphatic carbocycles. The smallest absolute Gasteiger partial charge is 0.0934 e. The van der Waals surface area contributed by atoms with Gasteiger partial charge in [-0.1, -0.05) is 40.5 Å². The number of nitrogens with two attached hydrogens (primary N) is 1. The van der Waals surface area contributed by atoms with Crippen molar-refractivity contribution >= 4 is 11.3 Å². The lowest BCUT2D eigenvalue weighted by molar-refractivity contribution is 0.409. The molecular formula is C13H24N2S. The van der Waals surface area contributed by atoms with Crippen molar-refractivity contribution in [1.29, 1.82) is 0 Å². The summed E-state index contributed by atoms with van der Waals surface area (Å²) in [5.74, 6) is 0. The van der Waals surface area contributed by atoms with Crippen molar-refractivity contribution in [2.24, 2.45) is 11.1 Å². The first-order valence-corrected chi connectivity index (χ1v) is 7.00. The van der Waals surface area contributed by atoms with Gasteiger partial charge >= 0.3 is 0 Å². The summed E-state index contributed by atoms with van der Waals surface area (Å²) in [5, 5.41) is 3.34. The van der Waals surface area contributed by atoms with E-state index in [2.05, 4.69) is 38.1 Å². The van der Waals surface area contributed by atoms with Gasteiger partial charge in [0.1, 0.15) is 0 Å². The molecule has 0 bridgehead atoms. The molecule has 92 valence electrons. The minimum atomic E-state index is 0.130. The van der Waals surface area contributed by atoms with Crippen LogP contribution in [0.1, 0.15) is 63.7 Å². The Hall–Kier alpha value is -0.410. The predicted octanol–water partition coefficient (Wildman–Crippen LogP) is 3.92. The summed E-state index contributed by atoms with van der Waals surface area (Å²) < 4.78 is 0. The highest BCUT2D eigenvalue weighted by molar-refractivity contribution is 7.09. The molecule has 0 fully saturated rings. The molecular weight excluding hydrogens is 216 g/mol. The molecule has 0 aliphatic heterocycles. The molecule has 3 heteroatoms. The van der Waals surface area contributed by atoms with Crippen LogP contribution in [0.15, 0.2) is 5.38 Å². The van der Waals surface area contributed by atoms with Crippen molar-refractivity contribution in [2.75, 3.05) is 0 Å². The second-order valence-electron chi connectivity index (χ2n) is 5.65. The van der Waals surface area contributed by atoms with Gasteiger partial charge in [0.25, 0.3) is 0 Å². The molecule has 1 rings (SSSR count). The van der Waals surface area contributed by atoms with Crippen LogP contribution in [0.25, 0.3) is 0 Å². The van der Waals surface area contributed by atoms with E-state index in [1.54, 1.807) is 11.3 Å². The zero-order valence-electron chi connectivity index (χ0n) is 10.9. The second-order valence-corrected chi connectivity index (χ2v) is 6.59. The molecule has 0 radical (unpaired) electrons. The van der Waals surface area contributed by atoms with Crippen LogP contribution >= 0.6 is 11.3 Å². The molecule has 0 saturated carbocycles. The fraction of sp³-hybridized carbons (Fsp3) is 0.769. The van der Waals surface area contributed by atoms with E-state index in [4.69, 9.17) is 5.73 Å². The van der Waals surface area contributed by atoms with Gasteiger partial charge in [-0.15, -0.1) is 11.3 Å². The second kappa shape index (κ2) is 5.78. The van der Waals surface area contributed by atoms with E-state index in [-0.39, 0.29) is 6.04 Å². The summed E-state index contributed by atoms with van der Waals surface area (Å²) in [4.78, 5) is 4.64. The van der Waals surface area contributed by atoms with Gasteiger partial charge < -0.3 is 5.73 Å². The average Bonchev–Trinajstić information content (AvgIpc) is 2.59. The zero-order valence-corrected chi connectivity index (χ0v) is 11.7. The van der Waals surface area contributed by atoms with Gasteiger partial charge in [0, 0.05) is 17.8 Å².